The minimum atomic E-state index is 0.631. The van der Waals surface area contributed by atoms with E-state index in [0.717, 1.165) is 18.4 Å². The first-order valence-electron chi connectivity index (χ1n) is 5.63. The van der Waals surface area contributed by atoms with Gasteiger partial charge in [-0.15, -0.1) is 0 Å². The predicted molar refractivity (Wildman–Crippen MR) is 53.2 cm³/mol. The molecule has 3 unspecified atom stereocenters. The van der Waals surface area contributed by atoms with E-state index in [1.807, 2.05) is 0 Å². The largest absolute Gasteiger partial charge is 0.301 e. The molecule has 2 fully saturated rings. The Morgan fingerprint density at radius 1 is 1.31 bits per heavy atom. The molecule has 0 aromatic rings. The van der Waals surface area contributed by atoms with E-state index in [-0.39, 0.29) is 0 Å². The maximum Gasteiger partial charge on any atom is 0.0705 e. The summed E-state index contributed by atoms with van der Waals surface area (Å²) in [6.07, 6.45) is 5.69. The summed E-state index contributed by atoms with van der Waals surface area (Å²) >= 11 is 0. The van der Waals surface area contributed by atoms with Crippen LogP contribution in [0.4, 0.5) is 0 Å². The van der Waals surface area contributed by atoms with Crippen molar-refractivity contribution in [3.63, 3.8) is 0 Å². The second-order valence-corrected chi connectivity index (χ2v) is 5.10. The third kappa shape index (κ3) is 2.23. The van der Waals surface area contributed by atoms with E-state index >= 15 is 0 Å². The molecule has 2 nitrogen and oxygen atoms in total. The average Bonchev–Trinajstić information content (AvgIpc) is 2.64. The van der Waals surface area contributed by atoms with E-state index in [1.54, 1.807) is 0 Å². The van der Waals surface area contributed by atoms with E-state index < -0.39 is 0 Å². The van der Waals surface area contributed by atoms with Crippen LogP contribution in [0.1, 0.15) is 39.5 Å². The van der Waals surface area contributed by atoms with Gasteiger partial charge < -0.3 is 4.84 Å². The first-order valence-corrected chi connectivity index (χ1v) is 5.63. The minimum Gasteiger partial charge on any atom is -0.301 e. The van der Waals surface area contributed by atoms with Gasteiger partial charge in [0.15, 0.2) is 0 Å². The van der Waals surface area contributed by atoms with Crippen molar-refractivity contribution in [2.75, 3.05) is 6.61 Å². The van der Waals surface area contributed by atoms with Crippen LogP contribution < -0.4 is 5.48 Å². The van der Waals surface area contributed by atoms with Gasteiger partial charge in [-0.3, -0.25) is 0 Å². The molecule has 13 heavy (non-hydrogen) atoms. The Morgan fingerprint density at radius 2 is 2.15 bits per heavy atom. The van der Waals surface area contributed by atoms with Gasteiger partial charge >= 0.3 is 0 Å². The van der Waals surface area contributed by atoms with Gasteiger partial charge in [0.05, 0.1) is 6.61 Å². The molecule has 0 aromatic carbocycles. The summed E-state index contributed by atoms with van der Waals surface area (Å²) in [6, 6.07) is 0.664. The van der Waals surface area contributed by atoms with Crippen LogP contribution in [0.5, 0.6) is 0 Å². The van der Waals surface area contributed by atoms with Crippen LogP contribution in [0.2, 0.25) is 0 Å². The summed E-state index contributed by atoms with van der Waals surface area (Å²) < 4.78 is 0. The Balaban J connectivity index is 1.66. The van der Waals surface area contributed by atoms with Crippen molar-refractivity contribution in [2.24, 2.45) is 17.8 Å². The Kier molecular flexibility index (Phi) is 2.89. The molecule has 2 saturated carbocycles. The number of hydrogen-bond donors (Lipinski definition) is 1. The molecule has 0 aliphatic heterocycles. The molecule has 2 rings (SSSR count). The van der Waals surface area contributed by atoms with Crippen molar-refractivity contribution in [2.45, 2.75) is 45.6 Å². The highest BCUT2D eigenvalue weighted by Crippen LogP contribution is 2.44. The molecule has 2 heteroatoms. The second-order valence-electron chi connectivity index (χ2n) is 5.10. The minimum absolute atomic E-state index is 0.631. The maximum atomic E-state index is 5.48. The van der Waals surface area contributed by atoms with Crippen LogP contribution in [0.15, 0.2) is 0 Å². The van der Waals surface area contributed by atoms with Crippen molar-refractivity contribution in [3.05, 3.63) is 0 Å². The van der Waals surface area contributed by atoms with E-state index in [2.05, 4.69) is 19.3 Å². The van der Waals surface area contributed by atoms with Crippen LogP contribution in [-0.2, 0) is 4.84 Å². The van der Waals surface area contributed by atoms with Crippen LogP contribution >= 0.6 is 0 Å². The van der Waals surface area contributed by atoms with Crippen molar-refractivity contribution < 1.29 is 4.84 Å². The van der Waals surface area contributed by atoms with Crippen molar-refractivity contribution in [1.29, 1.82) is 0 Å². The highest BCUT2D eigenvalue weighted by molar-refractivity contribution is 4.92. The Labute approximate surface area is 81.0 Å². The fourth-order valence-electron chi connectivity index (χ4n) is 2.71. The van der Waals surface area contributed by atoms with Gasteiger partial charge in [-0.1, -0.05) is 20.3 Å². The molecular formula is C11H21NO. The van der Waals surface area contributed by atoms with Gasteiger partial charge in [-0.2, -0.15) is 5.48 Å². The topological polar surface area (TPSA) is 21.3 Å². The summed E-state index contributed by atoms with van der Waals surface area (Å²) in [6.45, 7) is 5.21. The number of hydrogen-bond acceptors (Lipinski definition) is 2. The van der Waals surface area contributed by atoms with E-state index in [0.29, 0.717) is 12.0 Å². The fraction of sp³-hybridized carbons (Fsp3) is 1.00. The van der Waals surface area contributed by atoms with E-state index in [1.165, 1.54) is 25.7 Å². The van der Waals surface area contributed by atoms with Gasteiger partial charge in [0.2, 0.25) is 0 Å². The Morgan fingerprint density at radius 3 is 2.69 bits per heavy atom. The lowest BCUT2D eigenvalue weighted by molar-refractivity contribution is -0.0110. The molecule has 3 atom stereocenters. The number of nitrogens with one attached hydrogen (secondary N) is 1. The van der Waals surface area contributed by atoms with Crippen LogP contribution in [0.3, 0.4) is 0 Å². The number of hydroxylamine groups is 1. The summed E-state index contributed by atoms with van der Waals surface area (Å²) in [5, 5.41) is 0. The molecule has 0 amide bonds. The van der Waals surface area contributed by atoms with Crippen molar-refractivity contribution in [1.82, 2.24) is 5.48 Å². The third-order valence-corrected chi connectivity index (χ3v) is 3.39. The Bertz CT molecular complexity index is 169. The molecule has 0 saturated heterocycles. The number of fused-ring (bicyclic) bond motifs is 2. The number of rotatable bonds is 4. The second kappa shape index (κ2) is 3.97. The first-order chi connectivity index (χ1) is 6.25. The lowest BCUT2D eigenvalue weighted by Crippen LogP contribution is -2.34. The molecule has 2 bridgehead atoms. The molecule has 2 aliphatic carbocycles. The van der Waals surface area contributed by atoms with Crippen LogP contribution in [0.25, 0.3) is 0 Å². The lowest BCUT2D eigenvalue weighted by Gasteiger charge is -2.22. The van der Waals surface area contributed by atoms with Gasteiger partial charge in [0, 0.05) is 6.04 Å². The van der Waals surface area contributed by atoms with Gasteiger partial charge in [-0.25, -0.2) is 0 Å². The van der Waals surface area contributed by atoms with Gasteiger partial charge in [-0.05, 0) is 37.0 Å². The van der Waals surface area contributed by atoms with Crippen LogP contribution in [0, 0.1) is 17.8 Å². The smallest absolute Gasteiger partial charge is 0.0705 e. The molecular weight excluding hydrogens is 162 g/mol. The SMILES string of the molecule is CC(C)CONC1CC2CCC1C2. The van der Waals surface area contributed by atoms with E-state index in [4.69, 9.17) is 4.84 Å². The molecule has 0 radical (unpaired) electrons. The maximum absolute atomic E-state index is 5.48. The molecule has 2 aliphatic rings. The lowest BCUT2D eigenvalue weighted by atomic mass is 9.96. The summed E-state index contributed by atoms with van der Waals surface area (Å²) in [4.78, 5) is 5.48. The summed E-state index contributed by atoms with van der Waals surface area (Å²) in [5.41, 5.74) is 3.24. The van der Waals surface area contributed by atoms with Crippen molar-refractivity contribution in [3.8, 4) is 0 Å². The highest BCUT2D eigenvalue weighted by Gasteiger charge is 2.39. The zero-order valence-electron chi connectivity index (χ0n) is 8.75. The standard InChI is InChI=1S/C11H21NO/c1-8(2)7-13-12-11-6-9-3-4-10(11)5-9/h8-12H,3-7H2,1-2H3. The average molecular weight is 183 g/mol. The predicted octanol–water partition coefficient (Wildman–Crippen LogP) is 2.35. The van der Waals surface area contributed by atoms with Gasteiger partial charge in [0.25, 0.3) is 0 Å². The molecule has 0 spiro atoms. The third-order valence-electron chi connectivity index (χ3n) is 3.39. The highest BCUT2D eigenvalue weighted by atomic mass is 16.6. The summed E-state index contributed by atoms with van der Waals surface area (Å²) in [7, 11) is 0. The Hall–Kier alpha value is -0.0800. The van der Waals surface area contributed by atoms with Crippen molar-refractivity contribution >= 4 is 0 Å². The first kappa shape index (κ1) is 9.47. The zero-order valence-corrected chi connectivity index (χ0v) is 8.75. The summed E-state index contributed by atoms with van der Waals surface area (Å²) in [5.74, 6) is 2.55. The molecule has 1 N–H and O–H groups in total. The molecule has 0 heterocycles. The zero-order chi connectivity index (χ0) is 9.26. The van der Waals surface area contributed by atoms with Crippen LogP contribution in [-0.4, -0.2) is 12.6 Å². The fourth-order valence-corrected chi connectivity index (χ4v) is 2.71. The molecule has 0 aromatic heterocycles. The quantitative estimate of drug-likeness (QED) is 0.675. The molecule has 76 valence electrons. The normalized spacial score (nSPS) is 37.6. The monoisotopic (exact) mass is 183 g/mol. The van der Waals surface area contributed by atoms with Gasteiger partial charge in [0.1, 0.15) is 0 Å². The van der Waals surface area contributed by atoms with E-state index in [9.17, 15) is 0 Å².